The van der Waals surface area contributed by atoms with Crippen LogP contribution < -0.4 is 10.9 Å². The van der Waals surface area contributed by atoms with Crippen molar-refractivity contribution in [1.82, 2.24) is 14.6 Å². The van der Waals surface area contributed by atoms with Gasteiger partial charge in [0.1, 0.15) is 11.1 Å². The van der Waals surface area contributed by atoms with E-state index in [-0.39, 0.29) is 5.91 Å². The van der Waals surface area contributed by atoms with E-state index in [9.17, 15) is 9.59 Å². The zero-order valence-electron chi connectivity index (χ0n) is 10.2. The van der Waals surface area contributed by atoms with Crippen molar-refractivity contribution in [3.8, 4) is 0 Å². The van der Waals surface area contributed by atoms with E-state index < -0.39 is 5.56 Å². The molecule has 2 aromatic heterocycles. The molecule has 3 aromatic rings. The summed E-state index contributed by atoms with van der Waals surface area (Å²) < 4.78 is 1.37. The van der Waals surface area contributed by atoms with Gasteiger partial charge in [-0.15, -0.1) is 0 Å². The van der Waals surface area contributed by atoms with Crippen LogP contribution in [0.25, 0.3) is 4.96 Å². The van der Waals surface area contributed by atoms with E-state index in [0.717, 1.165) is 17.5 Å². The van der Waals surface area contributed by atoms with E-state index in [1.54, 1.807) is 12.1 Å². The molecule has 9 heteroatoms. The number of benzene rings is 1. The van der Waals surface area contributed by atoms with E-state index in [0.29, 0.717) is 25.6 Å². The molecule has 0 atom stereocenters. The molecule has 0 fully saturated rings. The van der Waals surface area contributed by atoms with Gasteiger partial charge in [0.2, 0.25) is 4.96 Å². The van der Waals surface area contributed by atoms with Gasteiger partial charge in [-0.2, -0.15) is 10.1 Å². The highest BCUT2D eigenvalue weighted by Crippen LogP contribution is 2.26. The molecule has 0 aliphatic carbocycles. The van der Waals surface area contributed by atoms with Gasteiger partial charge in [-0.3, -0.25) is 9.59 Å². The van der Waals surface area contributed by atoms with Crippen molar-refractivity contribution in [2.75, 3.05) is 5.32 Å². The molecule has 106 valence electrons. The minimum atomic E-state index is -0.454. The first kappa shape index (κ1) is 14.0. The minimum Gasteiger partial charge on any atom is -0.320 e. The van der Waals surface area contributed by atoms with Gasteiger partial charge in [-0.25, -0.2) is 4.52 Å². The Balaban J connectivity index is 1.91. The summed E-state index contributed by atoms with van der Waals surface area (Å²) in [5, 5.41) is 7.33. The average Bonchev–Trinajstić information content (AvgIpc) is 2.85. The normalized spacial score (nSPS) is 10.8. The van der Waals surface area contributed by atoms with Crippen LogP contribution >= 0.6 is 34.5 Å². The van der Waals surface area contributed by atoms with E-state index in [4.69, 9.17) is 23.2 Å². The molecule has 1 N–H and O–H groups in total. The summed E-state index contributed by atoms with van der Waals surface area (Å²) in [6.07, 6.45) is 2.57. The third kappa shape index (κ3) is 2.90. The molecule has 6 nitrogen and oxygen atoms in total. The smallest absolute Gasteiger partial charge is 0.292 e. The van der Waals surface area contributed by atoms with Gasteiger partial charge in [-0.1, -0.05) is 34.5 Å². The number of nitrogens with zero attached hydrogens (tertiary/aromatic N) is 3. The number of anilines is 1. The quantitative estimate of drug-likeness (QED) is 0.778. The van der Waals surface area contributed by atoms with Gasteiger partial charge in [0, 0.05) is 5.02 Å². The number of fused-ring (bicyclic) bond motifs is 1. The minimum absolute atomic E-state index is 0.336. The number of amides is 1. The van der Waals surface area contributed by atoms with Crippen LogP contribution in [0.5, 0.6) is 0 Å². The van der Waals surface area contributed by atoms with Crippen LogP contribution in [-0.4, -0.2) is 20.5 Å². The molecule has 0 bridgehead atoms. The summed E-state index contributed by atoms with van der Waals surface area (Å²) in [7, 11) is 0. The zero-order valence-corrected chi connectivity index (χ0v) is 12.5. The fourth-order valence-electron chi connectivity index (χ4n) is 1.61. The molecule has 0 unspecified atom stereocenters. The standard InChI is InChI=1S/C12H6Cl2N4O2S/c13-6-1-2-8(7(14)3-6)16-11(20)9-5-18-12(21-9)17-10(19)4-15-18/h1-5H,(H,16,20). The first-order valence-corrected chi connectivity index (χ1v) is 7.22. The molecule has 2 heterocycles. The van der Waals surface area contributed by atoms with Gasteiger partial charge < -0.3 is 5.32 Å². The Bertz CT molecular complexity index is 906. The van der Waals surface area contributed by atoms with Crippen LogP contribution in [0.2, 0.25) is 10.0 Å². The van der Waals surface area contributed by atoms with Crippen LogP contribution in [0.1, 0.15) is 9.67 Å². The number of thiazole rings is 1. The maximum absolute atomic E-state index is 12.2. The van der Waals surface area contributed by atoms with Crippen molar-refractivity contribution < 1.29 is 4.79 Å². The molecule has 0 radical (unpaired) electrons. The molecule has 0 saturated carbocycles. The van der Waals surface area contributed by atoms with E-state index >= 15 is 0 Å². The van der Waals surface area contributed by atoms with E-state index in [1.807, 2.05) is 0 Å². The molecule has 21 heavy (non-hydrogen) atoms. The highest BCUT2D eigenvalue weighted by Gasteiger charge is 2.13. The van der Waals surface area contributed by atoms with E-state index in [2.05, 4.69) is 15.4 Å². The fraction of sp³-hybridized carbons (Fsp3) is 0. The second-order valence-corrected chi connectivity index (χ2v) is 5.85. The Hall–Kier alpha value is -1.96. The second kappa shape index (κ2) is 5.44. The number of carbonyl (C=O) groups is 1. The number of hydrogen-bond acceptors (Lipinski definition) is 5. The van der Waals surface area contributed by atoms with Crippen molar-refractivity contribution >= 4 is 51.1 Å². The molecule has 1 amide bonds. The Morgan fingerprint density at radius 2 is 2.14 bits per heavy atom. The summed E-state index contributed by atoms with van der Waals surface area (Å²) in [5.41, 5.74) is -0.0106. The van der Waals surface area contributed by atoms with Gasteiger partial charge in [0.05, 0.1) is 16.9 Å². The molecule has 0 aliphatic heterocycles. The van der Waals surface area contributed by atoms with Crippen LogP contribution in [0, 0.1) is 0 Å². The predicted molar refractivity (Wildman–Crippen MR) is 81.5 cm³/mol. The summed E-state index contributed by atoms with van der Waals surface area (Å²) in [5.74, 6) is -0.371. The first-order valence-electron chi connectivity index (χ1n) is 5.65. The number of carbonyl (C=O) groups excluding carboxylic acids is 1. The third-order valence-electron chi connectivity index (χ3n) is 2.54. The molecule has 1 aromatic carbocycles. The van der Waals surface area contributed by atoms with Gasteiger partial charge in [0.15, 0.2) is 0 Å². The van der Waals surface area contributed by atoms with Crippen LogP contribution in [-0.2, 0) is 0 Å². The SMILES string of the molecule is O=C(Nc1ccc(Cl)cc1Cl)c1cn2ncc(=O)nc2s1. The summed E-state index contributed by atoms with van der Waals surface area (Å²) in [4.78, 5) is 27.7. The van der Waals surface area contributed by atoms with Crippen LogP contribution in [0.15, 0.2) is 35.4 Å². The first-order chi connectivity index (χ1) is 10.0. The lowest BCUT2D eigenvalue weighted by Crippen LogP contribution is -2.10. The summed E-state index contributed by atoms with van der Waals surface area (Å²) >= 11 is 12.8. The predicted octanol–water partition coefficient (Wildman–Crippen LogP) is 2.71. The Kier molecular flexibility index (Phi) is 3.62. The van der Waals surface area contributed by atoms with Crippen molar-refractivity contribution in [3.63, 3.8) is 0 Å². The van der Waals surface area contributed by atoms with Crippen LogP contribution in [0.4, 0.5) is 5.69 Å². The van der Waals surface area contributed by atoms with Crippen molar-refractivity contribution in [2.45, 2.75) is 0 Å². The molecular formula is C12H6Cl2N4O2S. The number of rotatable bonds is 2. The lowest BCUT2D eigenvalue weighted by molar-refractivity contribution is 0.103. The molecule has 0 spiro atoms. The van der Waals surface area contributed by atoms with Crippen LogP contribution in [0.3, 0.4) is 0 Å². The van der Waals surface area contributed by atoms with Crippen molar-refractivity contribution in [2.24, 2.45) is 0 Å². The second-order valence-electron chi connectivity index (χ2n) is 4.00. The van der Waals surface area contributed by atoms with Gasteiger partial charge in [0.25, 0.3) is 11.5 Å². The summed E-state index contributed by atoms with van der Waals surface area (Å²) in [6.45, 7) is 0. The molecular weight excluding hydrogens is 335 g/mol. The van der Waals surface area contributed by atoms with E-state index in [1.165, 1.54) is 16.8 Å². The zero-order chi connectivity index (χ0) is 15.0. The van der Waals surface area contributed by atoms with Gasteiger partial charge in [-0.05, 0) is 18.2 Å². The monoisotopic (exact) mass is 340 g/mol. The highest BCUT2D eigenvalue weighted by molar-refractivity contribution is 7.18. The lowest BCUT2D eigenvalue weighted by atomic mass is 10.3. The van der Waals surface area contributed by atoms with Crippen molar-refractivity contribution in [3.05, 3.63) is 55.9 Å². The summed E-state index contributed by atoms with van der Waals surface area (Å²) in [6, 6.07) is 4.76. The Morgan fingerprint density at radius 1 is 1.33 bits per heavy atom. The number of nitrogens with one attached hydrogen (secondary N) is 1. The lowest BCUT2D eigenvalue weighted by Gasteiger charge is -2.05. The fourth-order valence-corrected chi connectivity index (χ4v) is 2.89. The Morgan fingerprint density at radius 3 is 2.90 bits per heavy atom. The topological polar surface area (TPSA) is 76.4 Å². The third-order valence-corrected chi connectivity index (χ3v) is 4.06. The molecule has 0 saturated heterocycles. The van der Waals surface area contributed by atoms with Gasteiger partial charge >= 0.3 is 0 Å². The maximum Gasteiger partial charge on any atom is 0.292 e. The molecule has 0 aliphatic rings. The number of hydrogen-bond donors (Lipinski definition) is 1. The maximum atomic E-state index is 12.2. The number of halogens is 2. The average molecular weight is 341 g/mol. The Labute approximate surface area is 132 Å². The number of aromatic nitrogens is 3. The highest BCUT2D eigenvalue weighted by atomic mass is 35.5. The van der Waals surface area contributed by atoms with Crippen molar-refractivity contribution in [1.29, 1.82) is 0 Å². The largest absolute Gasteiger partial charge is 0.320 e. The molecule has 3 rings (SSSR count).